The number of hydrogen-bond donors (Lipinski definition) is 2. The van der Waals surface area contributed by atoms with Gasteiger partial charge in [-0.25, -0.2) is 0 Å². The number of carbonyl (C=O) groups is 1. The van der Waals surface area contributed by atoms with Crippen LogP contribution in [0, 0.1) is 0 Å². The summed E-state index contributed by atoms with van der Waals surface area (Å²) in [5.41, 5.74) is 9.94. The lowest BCUT2D eigenvalue weighted by Gasteiger charge is -2.09. The summed E-state index contributed by atoms with van der Waals surface area (Å²) < 4.78 is 0. The van der Waals surface area contributed by atoms with Gasteiger partial charge in [-0.2, -0.15) is 0 Å². The van der Waals surface area contributed by atoms with Crippen LogP contribution in [0.1, 0.15) is 0 Å². The predicted octanol–water partition coefficient (Wildman–Crippen LogP) is 4.26. The number of aromatic nitrogens is 1. The van der Waals surface area contributed by atoms with Crippen molar-refractivity contribution < 1.29 is 4.79 Å². The number of nitrogens with one attached hydrogen (secondary N) is 1. The molecule has 4 nitrogen and oxygen atoms in total. The van der Waals surface area contributed by atoms with Gasteiger partial charge in [0, 0.05) is 17.3 Å². The van der Waals surface area contributed by atoms with Gasteiger partial charge in [-0.05, 0) is 41.5 Å². The smallest absolute Gasteiger partial charge is 0.247 e. The van der Waals surface area contributed by atoms with E-state index < -0.39 is 0 Å². The Kier molecular flexibility index (Phi) is 4.00. The molecule has 23 heavy (non-hydrogen) atoms. The van der Waals surface area contributed by atoms with E-state index in [1.807, 2.05) is 42.5 Å². The zero-order chi connectivity index (χ0) is 16.4. The molecule has 0 fully saturated rings. The molecule has 0 saturated heterocycles. The third-order valence-corrected chi connectivity index (χ3v) is 3.81. The fraction of sp³-hybridized carbons (Fsp3) is 0. The molecule has 0 aliphatic rings. The van der Waals surface area contributed by atoms with Crippen molar-refractivity contribution in [3.63, 3.8) is 0 Å². The number of fused-ring (bicyclic) bond motifs is 1. The number of nitrogen functional groups attached to an aromatic ring is 1. The van der Waals surface area contributed by atoms with Crippen LogP contribution in [-0.4, -0.2) is 10.9 Å². The highest BCUT2D eigenvalue weighted by atomic mass is 35.5. The van der Waals surface area contributed by atoms with E-state index in [0.717, 1.165) is 22.0 Å². The Bertz CT molecular complexity index is 921. The molecule has 0 aliphatic carbocycles. The second-order valence-electron chi connectivity index (χ2n) is 5.03. The van der Waals surface area contributed by atoms with E-state index in [-0.39, 0.29) is 5.91 Å². The van der Waals surface area contributed by atoms with E-state index in [1.54, 1.807) is 6.20 Å². The fourth-order valence-corrected chi connectivity index (χ4v) is 2.49. The van der Waals surface area contributed by atoms with E-state index in [1.165, 1.54) is 6.08 Å². The monoisotopic (exact) mass is 323 g/mol. The Hall–Kier alpha value is -2.85. The molecule has 3 rings (SSSR count). The second-order valence-corrected chi connectivity index (χ2v) is 5.43. The minimum atomic E-state index is -0.249. The van der Waals surface area contributed by atoms with Crippen LogP contribution in [0.25, 0.3) is 22.0 Å². The van der Waals surface area contributed by atoms with E-state index in [9.17, 15) is 4.79 Å². The number of anilines is 2. The Morgan fingerprint density at radius 3 is 2.78 bits per heavy atom. The first-order valence-corrected chi connectivity index (χ1v) is 7.34. The van der Waals surface area contributed by atoms with Gasteiger partial charge < -0.3 is 11.1 Å². The molecule has 0 unspecified atom stereocenters. The van der Waals surface area contributed by atoms with E-state index in [4.69, 9.17) is 17.3 Å². The predicted molar refractivity (Wildman–Crippen MR) is 95.4 cm³/mol. The van der Waals surface area contributed by atoms with Crippen LogP contribution in [0.15, 0.2) is 61.3 Å². The second kappa shape index (κ2) is 6.10. The van der Waals surface area contributed by atoms with E-state index in [2.05, 4.69) is 16.9 Å². The van der Waals surface area contributed by atoms with Crippen molar-refractivity contribution in [2.45, 2.75) is 0 Å². The number of carbonyl (C=O) groups excluding carboxylic acids is 1. The number of halogens is 1. The molecule has 1 aromatic heterocycles. The molecule has 0 bridgehead atoms. The van der Waals surface area contributed by atoms with Gasteiger partial charge in [0.2, 0.25) is 5.91 Å². The third-order valence-electron chi connectivity index (χ3n) is 3.51. The highest BCUT2D eigenvalue weighted by Crippen LogP contribution is 2.31. The number of rotatable bonds is 3. The lowest BCUT2D eigenvalue weighted by molar-refractivity contribution is -0.111. The van der Waals surface area contributed by atoms with Gasteiger partial charge in [0.15, 0.2) is 0 Å². The van der Waals surface area contributed by atoms with Crippen molar-refractivity contribution >= 4 is 39.8 Å². The number of pyridine rings is 1. The van der Waals surface area contributed by atoms with Crippen molar-refractivity contribution in [2.75, 3.05) is 11.1 Å². The van der Waals surface area contributed by atoms with Crippen LogP contribution in [0.2, 0.25) is 5.02 Å². The van der Waals surface area contributed by atoms with E-state index >= 15 is 0 Å². The van der Waals surface area contributed by atoms with Crippen LogP contribution >= 0.6 is 11.6 Å². The van der Waals surface area contributed by atoms with Gasteiger partial charge in [0.25, 0.3) is 0 Å². The molecule has 0 spiro atoms. The maximum absolute atomic E-state index is 11.4. The van der Waals surface area contributed by atoms with Gasteiger partial charge in [0.1, 0.15) is 0 Å². The van der Waals surface area contributed by atoms with Crippen molar-refractivity contribution in [1.82, 2.24) is 4.98 Å². The lowest BCUT2D eigenvalue weighted by Crippen LogP contribution is -2.06. The molecular formula is C18H14ClN3O. The van der Waals surface area contributed by atoms with Crippen molar-refractivity contribution in [3.05, 3.63) is 66.3 Å². The summed E-state index contributed by atoms with van der Waals surface area (Å²) in [4.78, 5) is 15.7. The third kappa shape index (κ3) is 3.03. The summed E-state index contributed by atoms with van der Waals surface area (Å²) in [6, 6.07) is 13.3. The Labute approximate surface area is 138 Å². The van der Waals surface area contributed by atoms with Crippen molar-refractivity contribution in [2.24, 2.45) is 0 Å². The zero-order valence-electron chi connectivity index (χ0n) is 12.2. The first-order valence-electron chi connectivity index (χ1n) is 6.96. The zero-order valence-corrected chi connectivity index (χ0v) is 13.0. The number of amides is 1. The van der Waals surface area contributed by atoms with E-state index in [0.29, 0.717) is 16.4 Å². The molecule has 114 valence electrons. The molecule has 3 aromatic rings. The molecule has 0 saturated carbocycles. The molecule has 1 heterocycles. The number of nitrogens with zero attached hydrogens (tertiary/aromatic N) is 1. The maximum Gasteiger partial charge on any atom is 0.247 e. The molecule has 5 heteroatoms. The molecule has 3 N–H and O–H groups in total. The van der Waals surface area contributed by atoms with Gasteiger partial charge in [0.05, 0.1) is 16.2 Å². The van der Waals surface area contributed by atoms with Crippen LogP contribution in [0.3, 0.4) is 0 Å². The molecule has 0 aliphatic heterocycles. The standard InChI is InChI=1S/C18H14ClN3O/c1-2-17(23)22-13-5-3-4-11(8-13)12-6-7-16-14(9-12)18(20)15(19)10-21-16/h2-10H,1H2,(H2,20,21)(H,22,23). The number of benzene rings is 2. The average molecular weight is 324 g/mol. The van der Waals surface area contributed by atoms with Gasteiger partial charge in [-0.1, -0.05) is 36.4 Å². The molecule has 2 aromatic carbocycles. The molecule has 1 amide bonds. The fourth-order valence-electron chi connectivity index (χ4n) is 2.34. The van der Waals surface area contributed by atoms with Gasteiger partial charge in [-0.3, -0.25) is 9.78 Å². The average Bonchev–Trinajstić information content (AvgIpc) is 2.58. The summed E-state index contributed by atoms with van der Waals surface area (Å²) >= 11 is 6.04. The van der Waals surface area contributed by atoms with Crippen LogP contribution < -0.4 is 11.1 Å². The van der Waals surface area contributed by atoms with Crippen LogP contribution in [-0.2, 0) is 4.79 Å². The van der Waals surface area contributed by atoms with Crippen LogP contribution in [0.5, 0.6) is 0 Å². The number of hydrogen-bond acceptors (Lipinski definition) is 3. The van der Waals surface area contributed by atoms with Crippen LogP contribution in [0.4, 0.5) is 11.4 Å². The Balaban J connectivity index is 2.06. The Morgan fingerprint density at radius 1 is 1.22 bits per heavy atom. The minimum absolute atomic E-state index is 0.249. The molecule has 0 radical (unpaired) electrons. The molecular weight excluding hydrogens is 310 g/mol. The largest absolute Gasteiger partial charge is 0.397 e. The topological polar surface area (TPSA) is 68.0 Å². The Morgan fingerprint density at radius 2 is 2.00 bits per heavy atom. The molecule has 0 atom stereocenters. The lowest BCUT2D eigenvalue weighted by atomic mass is 10.0. The number of nitrogens with two attached hydrogens (primary N) is 1. The first-order chi connectivity index (χ1) is 11.1. The summed E-state index contributed by atoms with van der Waals surface area (Å²) in [5, 5.41) is 3.98. The summed E-state index contributed by atoms with van der Waals surface area (Å²) in [7, 11) is 0. The quantitative estimate of drug-likeness (QED) is 0.707. The highest BCUT2D eigenvalue weighted by molar-refractivity contribution is 6.34. The summed E-state index contributed by atoms with van der Waals surface area (Å²) in [5.74, 6) is -0.249. The van der Waals surface area contributed by atoms with Crippen molar-refractivity contribution in [1.29, 1.82) is 0 Å². The van der Waals surface area contributed by atoms with Gasteiger partial charge in [-0.15, -0.1) is 0 Å². The highest BCUT2D eigenvalue weighted by Gasteiger charge is 2.07. The SMILES string of the molecule is C=CC(=O)Nc1cccc(-c2ccc3ncc(Cl)c(N)c3c2)c1. The normalized spacial score (nSPS) is 10.5. The van der Waals surface area contributed by atoms with Crippen molar-refractivity contribution in [3.8, 4) is 11.1 Å². The minimum Gasteiger partial charge on any atom is -0.397 e. The summed E-state index contributed by atoms with van der Waals surface area (Å²) in [6.45, 7) is 3.44. The van der Waals surface area contributed by atoms with Gasteiger partial charge >= 0.3 is 0 Å². The maximum atomic E-state index is 11.4. The summed E-state index contributed by atoms with van der Waals surface area (Å²) in [6.07, 6.45) is 2.78. The first kappa shape index (κ1) is 15.1.